The Bertz CT molecular complexity index is 1680. The number of imidazole rings is 1. The molecule has 2 aliphatic rings. The van der Waals surface area contributed by atoms with Gasteiger partial charge in [-0.2, -0.15) is 0 Å². The second-order valence-electron chi connectivity index (χ2n) is 12.3. The predicted octanol–water partition coefficient (Wildman–Crippen LogP) is 6.02. The SMILES string of the molecule is [C-]#[N+]c1ccc(OC)c(C(=O)N2CCC(CCN3CCCN(c4nc5ccccc5n4CCOCC)CC3)(c3ccccc3)C2)c1. The number of hydrogen-bond acceptors (Lipinski definition) is 6. The minimum Gasteiger partial charge on any atom is -0.496 e. The number of carbonyl (C=O) groups excluding carboxylic acids is 1. The van der Waals surface area contributed by atoms with E-state index in [4.69, 9.17) is 21.0 Å². The summed E-state index contributed by atoms with van der Waals surface area (Å²) in [6, 6.07) is 24.1. The fourth-order valence-electron chi connectivity index (χ4n) is 7.12. The number of para-hydroxylation sites is 2. The third-order valence-electron chi connectivity index (χ3n) is 9.65. The molecule has 3 aromatic carbocycles. The molecule has 2 aliphatic heterocycles. The first-order valence-electron chi connectivity index (χ1n) is 16.5. The molecule has 0 N–H and O–H groups in total. The number of rotatable bonds is 11. The second-order valence-corrected chi connectivity index (χ2v) is 12.3. The van der Waals surface area contributed by atoms with Gasteiger partial charge in [0.2, 0.25) is 5.95 Å². The first-order chi connectivity index (χ1) is 22.5. The Morgan fingerprint density at radius 3 is 2.61 bits per heavy atom. The first-order valence-corrected chi connectivity index (χ1v) is 16.5. The fraction of sp³-hybridized carbons (Fsp3) is 0.432. The van der Waals surface area contributed by atoms with Crippen molar-refractivity contribution in [3.8, 4) is 5.75 Å². The zero-order valence-electron chi connectivity index (χ0n) is 27.0. The lowest BCUT2D eigenvalue weighted by atomic mass is 9.76. The van der Waals surface area contributed by atoms with Crippen LogP contribution in [0.1, 0.15) is 42.1 Å². The number of amides is 1. The quantitative estimate of drug-likeness (QED) is 0.151. The van der Waals surface area contributed by atoms with Gasteiger partial charge in [0.1, 0.15) is 5.75 Å². The molecular weight excluding hydrogens is 576 g/mol. The zero-order chi connectivity index (χ0) is 31.9. The highest BCUT2D eigenvalue weighted by atomic mass is 16.5. The van der Waals surface area contributed by atoms with Crippen LogP contribution in [0.5, 0.6) is 5.75 Å². The van der Waals surface area contributed by atoms with Gasteiger partial charge in [-0.1, -0.05) is 48.5 Å². The number of ether oxygens (including phenoxy) is 2. The molecule has 2 saturated heterocycles. The summed E-state index contributed by atoms with van der Waals surface area (Å²) < 4.78 is 13.6. The van der Waals surface area contributed by atoms with Crippen molar-refractivity contribution in [2.75, 3.05) is 71.0 Å². The van der Waals surface area contributed by atoms with Crippen molar-refractivity contribution in [3.63, 3.8) is 0 Å². The van der Waals surface area contributed by atoms with E-state index in [1.807, 2.05) is 11.8 Å². The number of aromatic nitrogens is 2. The highest BCUT2D eigenvalue weighted by Gasteiger charge is 2.42. The molecule has 1 aromatic heterocycles. The van der Waals surface area contributed by atoms with E-state index in [9.17, 15) is 4.79 Å². The van der Waals surface area contributed by atoms with Crippen LogP contribution < -0.4 is 9.64 Å². The van der Waals surface area contributed by atoms with E-state index in [0.717, 1.165) is 75.5 Å². The molecule has 9 nitrogen and oxygen atoms in total. The molecule has 1 amide bonds. The molecule has 1 atom stereocenters. The van der Waals surface area contributed by atoms with E-state index in [-0.39, 0.29) is 11.3 Å². The number of benzene rings is 3. The molecule has 0 spiro atoms. The minimum absolute atomic E-state index is 0.0715. The normalized spacial score (nSPS) is 18.9. The van der Waals surface area contributed by atoms with Gasteiger partial charge in [0.15, 0.2) is 5.69 Å². The summed E-state index contributed by atoms with van der Waals surface area (Å²) in [5, 5.41) is 0. The van der Waals surface area contributed by atoms with E-state index in [1.54, 1.807) is 25.3 Å². The van der Waals surface area contributed by atoms with Crippen LogP contribution in [0.3, 0.4) is 0 Å². The third kappa shape index (κ3) is 6.60. The van der Waals surface area contributed by atoms with Crippen molar-refractivity contribution >= 4 is 28.6 Å². The lowest BCUT2D eigenvalue weighted by Gasteiger charge is -2.33. The average Bonchev–Trinajstić information content (AvgIpc) is 3.62. The summed E-state index contributed by atoms with van der Waals surface area (Å²) in [6.45, 7) is 17.8. The van der Waals surface area contributed by atoms with Gasteiger partial charge in [0.25, 0.3) is 5.91 Å². The van der Waals surface area contributed by atoms with Gasteiger partial charge in [0.05, 0.1) is 36.9 Å². The molecular formula is C37H44N6O3. The van der Waals surface area contributed by atoms with Crippen molar-refractivity contribution in [2.45, 2.75) is 38.1 Å². The van der Waals surface area contributed by atoms with Crippen LogP contribution in [0.25, 0.3) is 15.9 Å². The number of anilines is 1. The molecule has 0 bridgehead atoms. The fourth-order valence-corrected chi connectivity index (χ4v) is 7.12. The molecule has 9 heteroatoms. The van der Waals surface area contributed by atoms with E-state index in [1.165, 1.54) is 5.56 Å². The third-order valence-corrected chi connectivity index (χ3v) is 9.65. The summed E-state index contributed by atoms with van der Waals surface area (Å²) >= 11 is 0. The highest BCUT2D eigenvalue weighted by Crippen LogP contribution is 2.39. The molecule has 1 unspecified atom stereocenters. The smallest absolute Gasteiger partial charge is 0.256 e. The van der Waals surface area contributed by atoms with Crippen LogP contribution in [0.2, 0.25) is 0 Å². The van der Waals surface area contributed by atoms with Crippen LogP contribution >= 0.6 is 0 Å². The number of nitrogens with zero attached hydrogens (tertiary/aromatic N) is 6. The van der Waals surface area contributed by atoms with E-state index in [0.29, 0.717) is 43.3 Å². The average molecular weight is 621 g/mol. The molecule has 3 heterocycles. The topological polar surface area (TPSA) is 67.4 Å². The molecule has 240 valence electrons. The van der Waals surface area contributed by atoms with Crippen LogP contribution in [-0.4, -0.2) is 91.4 Å². The molecule has 46 heavy (non-hydrogen) atoms. The Morgan fingerprint density at radius 2 is 1.80 bits per heavy atom. The van der Waals surface area contributed by atoms with Gasteiger partial charge in [-0.15, -0.1) is 0 Å². The van der Waals surface area contributed by atoms with Gasteiger partial charge < -0.3 is 28.7 Å². The van der Waals surface area contributed by atoms with Gasteiger partial charge in [-0.05, 0) is 69.1 Å². The van der Waals surface area contributed by atoms with Gasteiger partial charge >= 0.3 is 0 Å². The van der Waals surface area contributed by atoms with Gasteiger partial charge in [0, 0.05) is 51.3 Å². The molecule has 0 aliphatic carbocycles. The summed E-state index contributed by atoms with van der Waals surface area (Å²) in [4.78, 5) is 29.4. The summed E-state index contributed by atoms with van der Waals surface area (Å²) in [7, 11) is 1.57. The Kier molecular flexibility index (Phi) is 9.86. The standard InChI is InChI=1S/C37H44N6O3/c1-4-46-26-25-43-33-14-9-8-13-32(33)39-36(43)41-20-10-19-40(23-24-41)21-17-37(29-11-6-5-7-12-29)18-22-42(28-37)35(44)31-27-30(38-2)15-16-34(31)45-3/h5-9,11-16,27H,4,10,17-26,28H2,1,3H3. The number of likely N-dealkylation sites (tertiary alicyclic amines) is 1. The Labute approximate surface area is 272 Å². The Hall–Kier alpha value is -4.39. The largest absolute Gasteiger partial charge is 0.496 e. The van der Waals surface area contributed by atoms with Crippen molar-refractivity contribution < 1.29 is 14.3 Å². The predicted molar refractivity (Wildman–Crippen MR) is 182 cm³/mol. The lowest BCUT2D eigenvalue weighted by molar-refractivity contribution is 0.0777. The molecule has 6 rings (SSSR count). The Morgan fingerprint density at radius 1 is 0.978 bits per heavy atom. The van der Waals surface area contributed by atoms with Crippen molar-refractivity contribution in [1.29, 1.82) is 0 Å². The summed E-state index contributed by atoms with van der Waals surface area (Å²) in [5.74, 6) is 1.47. The number of carbonyl (C=O) groups is 1. The Balaban J connectivity index is 1.16. The van der Waals surface area contributed by atoms with E-state index in [2.05, 4.69) is 73.8 Å². The van der Waals surface area contributed by atoms with Crippen LogP contribution in [0, 0.1) is 6.57 Å². The second kappa shape index (κ2) is 14.4. The lowest BCUT2D eigenvalue weighted by Crippen LogP contribution is -2.39. The number of fused-ring (bicyclic) bond motifs is 1. The molecule has 0 radical (unpaired) electrons. The minimum atomic E-state index is -0.138. The molecule has 4 aromatic rings. The molecule has 2 fully saturated rings. The van der Waals surface area contributed by atoms with Gasteiger partial charge in [-0.3, -0.25) is 4.79 Å². The molecule has 0 saturated carbocycles. The van der Waals surface area contributed by atoms with Crippen LogP contribution in [0.4, 0.5) is 11.6 Å². The van der Waals surface area contributed by atoms with Crippen molar-refractivity contribution in [1.82, 2.24) is 19.4 Å². The number of methoxy groups -OCH3 is 1. The maximum absolute atomic E-state index is 13.8. The van der Waals surface area contributed by atoms with Crippen LogP contribution in [0.15, 0.2) is 72.8 Å². The van der Waals surface area contributed by atoms with Gasteiger partial charge in [-0.25, -0.2) is 9.83 Å². The van der Waals surface area contributed by atoms with Crippen LogP contribution in [-0.2, 0) is 16.7 Å². The van der Waals surface area contributed by atoms with E-state index < -0.39 is 0 Å². The zero-order valence-corrected chi connectivity index (χ0v) is 27.0. The maximum Gasteiger partial charge on any atom is 0.256 e. The van der Waals surface area contributed by atoms with Crippen molar-refractivity contribution in [3.05, 3.63) is 95.3 Å². The summed E-state index contributed by atoms with van der Waals surface area (Å²) in [6.07, 6.45) is 2.93. The maximum atomic E-state index is 13.8. The highest BCUT2D eigenvalue weighted by molar-refractivity contribution is 5.98. The van der Waals surface area contributed by atoms with E-state index >= 15 is 0 Å². The van der Waals surface area contributed by atoms with Crippen molar-refractivity contribution in [2.24, 2.45) is 0 Å². The number of hydrogen-bond donors (Lipinski definition) is 0. The monoisotopic (exact) mass is 620 g/mol. The summed E-state index contributed by atoms with van der Waals surface area (Å²) in [5.41, 5.74) is 4.23. The first kappa shape index (κ1) is 31.6.